The van der Waals surface area contributed by atoms with Crippen LogP contribution in [0.1, 0.15) is 41.7 Å². The average Bonchev–Trinajstić information content (AvgIpc) is 2.96. The first-order valence-corrected chi connectivity index (χ1v) is 9.35. The van der Waals surface area contributed by atoms with Crippen LogP contribution in [0.15, 0.2) is 36.4 Å². The van der Waals surface area contributed by atoms with Gasteiger partial charge in [0.2, 0.25) is 5.91 Å². The molecule has 0 atom stereocenters. The van der Waals surface area contributed by atoms with Crippen molar-refractivity contribution in [3.8, 4) is 0 Å². The minimum atomic E-state index is -0.549. The van der Waals surface area contributed by atoms with E-state index in [2.05, 4.69) is 36.5 Å². The molecule has 0 fully saturated rings. The van der Waals surface area contributed by atoms with Gasteiger partial charge in [0.25, 0.3) is 0 Å². The second-order valence-corrected chi connectivity index (χ2v) is 8.38. The lowest BCUT2D eigenvalue weighted by Crippen LogP contribution is -2.35. The van der Waals surface area contributed by atoms with Crippen molar-refractivity contribution in [2.45, 2.75) is 39.7 Å². The molecule has 4 nitrogen and oxygen atoms in total. The molecule has 1 N–H and O–H groups in total. The van der Waals surface area contributed by atoms with Gasteiger partial charge in [-0.25, -0.2) is 0 Å². The van der Waals surface area contributed by atoms with Gasteiger partial charge in [0, 0.05) is 9.75 Å². The van der Waals surface area contributed by atoms with Crippen LogP contribution in [0.2, 0.25) is 0 Å². The SMILES string of the molecule is Cc1ccc(C=Cc2ccc(CC(=O)NCC(=O)OC(C)(C)C)cc2)s1. The van der Waals surface area contributed by atoms with Crippen molar-refractivity contribution in [1.82, 2.24) is 5.32 Å². The van der Waals surface area contributed by atoms with Gasteiger partial charge in [-0.1, -0.05) is 30.3 Å². The smallest absolute Gasteiger partial charge is 0.325 e. The molecule has 1 aromatic heterocycles. The first-order valence-electron chi connectivity index (χ1n) is 8.53. The lowest BCUT2D eigenvalue weighted by Gasteiger charge is -2.19. The fraction of sp³-hybridized carbons (Fsp3) is 0.333. The van der Waals surface area contributed by atoms with Gasteiger partial charge in [-0.2, -0.15) is 0 Å². The molecule has 0 saturated carbocycles. The second-order valence-electron chi connectivity index (χ2n) is 7.06. The number of hydrogen-bond donors (Lipinski definition) is 1. The first-order chi connectivity index (χ1) is 12.2. The van der Waals surface area contributed by atoms with Crippen molar-refractivity contribution >= 4 is 35.4 Å². The van der Waals surface area contributed by atoms with Gasteiger partial charge >= 0.3 is 5.97 Å². The number of benzene rings is 1. The van der Waals surface area contributed by atoms with E-state index in [1.165, 1.54) is 9.75 Å². The van der Waals surface area contributed by atoms with Gasteiger partial charge in [0.1, 0.15) is 12.1 Å². The van der Waals surface area contributed by atoms with Gasteiger partial charge in [-0.05, 0) is 57.0 Å². The predicted octanol–water partition coefficient (Wildman–Crippen LogP) is 4.23. The lowest BCUT2D eigenvalue weighted by atomic mass is 10.1. The number of amides is 1. The van der Waals surface area contributed by atoms with E-state index < -0.39 is 11.6 Å². The molecule has 26 heavy (non-hydrogen) atoms. The summed E-state index contributed by atoms with van der Waals surface area (Å²) in [6, 6.07) is 12.0. The third-order valence-corrected chi connectivity index (χ3v) is 4.36. The molecule has 5 heteroatoms. The molecule has 1 heterocycles. The van der Waals surface area contributed by atoms with E-state index in [0.717, 1.165) is 11.1 Å². The monoisotopic (exact) mass is 371 g/mol. The number of carbonyl (C=O) groups is 2. The van der Waals surface area contributed by atoms with E-state index in [1.807, 2.05) is 24.3 Å². The molecule has 0 spiro atoms. The summed E-state index contributed by atoms with van der Waals surface area (Å²) in [5.41, 5.74) is 1.43. The summed E-state index contributed by atoms with van der Waals surface area (Å²) in [4.78, 5) is 26.1. The Morgan fingerprint density at radius 3 is 2.35 bits per heavy atom. The fourth-order valence-corrected chi connectivity index (χ4v) is 3.04. The maximum absolute atomic E-state index is 11.9. The van der Waals surface area contributed by atoms with Gasteiger partial charge in [-0.15, -0.1) is 11.3 Å². The van der Waals surface area contributed by atoms with Gasteiger partial charge in [0.05, 0.1) is 6.42 Å². The summed E-state index contributed by atoms with van der Waals surface area (Å²) in [7, 11) is 0. The van der Waals surface area contributed by atoms with Crippen LogP contribution in [-0.4, -0.2) is 24.0 Å². The molecule has 0 aliphatic heterocycles. The number of esters is 1. The van der Waals surface area contributed by atoms with Crippen LogP contribution in [0.25, 0.3) is 12.2 Å². The van der Waals surface area contributed by atoms with Gasteiger partial charge in [0.15, 0.2) is 0 Å². The highest BCUT2D eigenvalue weighted by atomic mass is 32.1. The zero-order valence-electron chi connectivity index (χ0n) is 15.7. The van der Waals surface area contributed by atoms with E-state index in [4.69, 9.17) is 4.74 Å². The second kappa shape index (κ2) is 8.81. The fourth-order valence-electron chi connectivity index (χ4n) is 2.26. The molecular formula is C21H25NO3S. The summed E-state index contributed by atoms with van der Waals surface area (Å²) in [5, 5.41) is 2.59. The van der Waals surface area contributed by atoms with Crippen molar-refractivity contribution in [3.63, 3.8) is 0 Å². The molecule has 0 bridgehead atoms. The number of ether oxygens (including phenoxy) is 1. The standard InChI is InChI=1S/C21H25NO3S/c1-15-5-11-18(26-15)12-10-16-6-8-17(9-7-16)13-19(23)22-14-20(24)25-21(2,3)4/h5-12H,13-14H2,1-4H3,(H,22,23). The Morgan fingerprint density at radius 1 is 1.08 bits per heavy atom. The van der Waals surface area contributed by atoms with Crippen LogP contribution in [0.4, 0.5) is 0 Å². The first kappa shape index (κ1) is 19.9. The molecule has 138 valence electrons. The van der Waals surface area contributed by atoms with Crippen LogP contribution in [0.3, 0.4) is 0 Å². The Kier molecular flexibility index (Phi) is 6.75. The molecule has 2 rings (SSSR count). The van der Waals surface area contributed by atoms with E-state index in [-0.39, 0.29) is 18.9 Å². The van der Waals surface area contributed by atoms with Crippen molar-refractivity contribution in [1.29, 1.82) is 0 Å². The summed E-state index contributed by atoms with van der Waals surface area (Å²) < 4.78 is 5.16. The molecule has 2 aromatic rings. The Labute approximate surface area is 158 Å². The number of hydrogen-bond acceptors (Lipinski definition) is 4. The Bertz CT molecular complexity index is 782. The van der Waals surface area contributed by atoms with E-state index in [9.17, 15) is 9.59 Å². The zero-order valence-corrected chi connectivity index (χ0v) is 16.5. The number of carbonyl (C=O) groups excluding carboxylic acids is 2. The highest BCUT2D eigenvalue weighted by Gasteiger charge is 2.16. The van der Waals surface area contributed by atoms with E-state index >= 15 is 0 Å². The molecule has 0 aliphatic rings. The Balaban J connectivity index is 1.82. The number of nitrogens with one attached hydrogen (secondary N) is 1. The van der Waals surface area contributed by atoms with E-state index in [1.54, 1.807) is 32.1 Å². The summed E-state index contributed by atoms with van der Waals surface area (Å²) in [6.45, 7) is 7.36. The van der Waals surface area contributed by atoms with Crippen LogP contribution in [0.5, 0.6) is 0 Å². The molecule has 0 unspecified atom stereocenters. The van der Waals surface area contributed by atoms with Gasteiger partial charge in [-0.3, -0.25) is 9.59 Å². The number of aryl methyl sites for hydroxylation is 1. The van der Waals surface area contributed by atoms with E-state index in [0.29, 0.717) is 0 Å². The van der Waals surface area contributed by atoms with Crippen molar-refractivity contribution in [2.24, 2.45) is 0 Å². The maximum Gasteiger partial charge on any atom is 0.325 e. The third-order valence-electron chi connectivity index (χ3n) is 3.40. The van der Waals surface area contributed by atoms with Crippen molar-refractivity contribution < 1.29 is 14.3 Å². The molecule has 1 aromatic carbocycles. The maximum atomic E-state index is 11.9. The number of thiophene rings is 1. The average molecular weight is 372 g/mol. The molecule has 0 radical (unpaired) electrons. The van der Waals surface area contributed by atoms with Crippen molar-refractivity contribution in [3.05, 3.63) is 57.3 Å². The highest BCUT2D eigenvalue weighted by molar-refractivity contribution is 7.12. The summed E-state index contributed by atoms with van der Waals surface area (Å²) in [6.07, 6.45) is 4.37. The Morgan fingerprint density at radius 2 is 1.77 bits per heavy atom. The summed E-state index contributed by atoms with van der Waals surface area (Å²) >= 11 is 1.75. The largest absolute Gasteiger partial charge is 0.459 e. The van der Waals surface area contributed by atoms with Gasteiger partial charge < -0.3 is 10.1 Å². The normalized spacial score (nSPS) is 11.5. The van der Waals surface area contributed by atoms with Crippen LogP contribution in [0, 0.1) is 6.92 Å². The number of rotatable bonds is 6. The molecule has 1 amide bonds. The molecule has 0 aliphatic carbocycles. The predicted molar refractivity (Wildman–Crippen MR) is 107 cm³/mol. The minimum absolute atomic E-state index is 0.114. The Hall–Kier alpha value is -2.40. The highest BCUT2D eigenvalue weighted by Crippen LogP contribution is 2.18. The third kappa shape index (κ3) is 7.23. The topological polar surface area (TPSA) is 55.4 Å². The summed E-state index contributed by atoms with van der Waals surface area (Å²) in [5.74, 6) is -0.636. The lowest BCUT2D eigenvalue weighted by molar-refractivity contribution is -0.154. The molecule has 0 saturated heterocycles. The minimum Gasteiger partial charge on any atom is -0.459 e. The van der Waals surface area contributed by atoms with Crippen LogP contribution >= 0.6 is 11.3 Å². The van der Waals surface area contributed by atoms with Crippen LogP contribution < -0.4 is 5.32 Å². The van der Waals surface area contributed by atoms with Crippen molar-refractivity contribution in [2.75, 3.05) is 6.54 Å². The quantitative estimate of drug-likeness (QED) is 0.773. The molecular weight excluding hydrogens is 346 g/mol. The zero-order chi connectivity index (χ0) is 19.2. The van der Waals surface area contributed by atoms with Crippen LogP contribution in [-0.2, 0) is 20.7 Å².